The number of anilines is 2. The van der Waals surface area contributed by atoms with Crippen LogP contribution in [0.15, 0.2) is 112 Å². The van der Waals surface area contributed by atoms with Gasteiger partial charge >= 0.3 is 0 Å². The van der Waals surface area contributed by atoms with Gasteiger partial charge in [-0.05, 0) is 82.2 Å². The highest BCUT2D eigenvalue weighted by Gasteiger charge is 2.16. The van der Waals surface area contributed by atoms with Gasteiger partial charge in [0.05, 0.1) is 25.7 Å². The van der Waals surface area contributed by atoms with E-state index in [2.05, 4.69) is 31.9 Å². The third-order valence-corrected chi connectivity index (χ3v) is 7.54. The van der Waals surface area contributed by atoms with Crippen LogP contribution < -0.4 is 25.4 Å². The minimum atomic E-state index is -0.525. The van der Waals surface area contributed by atoms with Crippen LogP contribution in [0.25, 0.3) is 6.08 Å². The van der Waals surface area contributed by atoms with E-state index >= 15 is 0 Å². The van der Waals surface area contributed by atoms with Gasteiger partial charge in [0.2, 0.25) is 5.91 Å². The summed E-state index contributed by atoms with van der Waals surface area (Å²) in [5.74, 6) is 0.0732. The molecule has 214 valence electrons. The molecule has 3 N–H and O–H groups in total. The van der Waals surface area contributed by atoms with Crippen LogP contribution in [0.3, 0.4) is 0 Å². The fourth-order valence-electron chi connectivity index (χ4n) is 3.81. The van der Waals surface area contributed by atoms with Gasteiger partial charge in [-0.25, -0.2) is 0 Å². The summed E-state index contributed by atoms with van der Waals surface area (Å²) in [6.45, 7) is 0. The molecule has 10 heteroatoms. The second-order valence-corrected chi connectivity index (χ2v) is 10.7. The molecule has 0 aromatic heterocycles. The zero-order valence-corrected chi connectivity index (χ0v) is 25.3. The summed E-state index contributed by atoms with van der Waals surface area (Å²) in [6.07, 6.45) is 1.56. The highest BCUT2D eigenvalue weighted by atomic mass is 79.9. The van der Waals surface area contributed by atoms with Crippen LogP contribution in [0.5, 0.6) is 11.5 Å². The average molecular weight is 647 g/mol. The van der Waals surface area contributed by atoms with Crippen LogP contribution in [-0.4, -0.2) is 37.7 Å². The second-order valence-electron chi connectivity index (χ2n) is 8.79. The monoisotopic (exact) mass is 645 g/mol. The topological polar surface area (TPSA) is 106 Å². The zero-order chi connectivity index (χ0) is 29.9. The number of rotatable bonds is 11. The summed E-state index contributed by atoms with van der Waals surface area (Å²) >= 11 is 4.76. The van der Waals surface area contributed by atoms with E-state index in [0.717, 1.165) is 9.37 Å². The smallest absolute Gasteiger partial charge is 0.272 e. The minimum absolute atomic E-state index is 0.0296. The van der Waals surface area contributed by atoms with Gasteiger partial charge in [0.15, 0.2) is 11.5 Å². The Morgan fingerprint density at radius 3 is 2.29 bits per heavy atom. The molecule has 0 heterocycles. The Labute approximate surface area is 256 Å². The van der Waals surface area contributed by atoms with Gasteiger partial charge in [-0.2, -0.15) is 0 Å². The lowest BCUT2D eigenvalue weighted by Crippen LogP contribution is -2.30. The van der Waals surface area contributed by atoms with Gasteiger partial charge < -0.3 is 25.4 Å². The van der Waals surface area contributed by atoms with Gasteiger partial charge in [-0.3, -0.25) is 14.4 Å². The number of benzene rings is 4. The Hall–Kier alpha value is -4.54. The first-order chi connectivity index (χ1) is 20.4. The van der Waals surface area contributed by atoms with Crippen LogP contribution in [0.4, 0.5) is 11.4 Å². The van der Waals surface area contributed by atoms with Crippen molar-refractivity contribution in [2.75, 3.05) is 30.6 Å². The molecule has 0 aliphatic rings. The Morgan fingerprint density at radius 1 is 0.810 bits per heavy atom. The number of halogens is 1. The maximum absolute atomic E-state index is 13.4. The molecule has 0 bridgehead atoms. The SMILES string of the molecule is COc1ccc(/C=C(/NC(=O)c2ccccc2)C(=O)Nc2cccc(SCC(=O)Nc3ccccc3Br)c2)cc1OC. The molecule has 0 spiro atoms. The Bertz CT molecular complexity index is 1610. The van der Waals surface area contributed by atoms with Crippen LogP contribution in [0.1, 0.15) is 15.9 Å². The van der Waals surface area contributed by atoms with Crippen LogP contribution >= 0.6 is 27.7 Å². The number of carbonyl (C=O) groups excluding carboxylic acids is 3. The molecule has 0 saturated heterocycles. The molecule has 0 fully saturated rings. The quantitative estimate of drug-likeness (QED) is 0.125. The third-order valence-electron chi connectivity index (χ3n) is 5.86. The fourth-order valence-corrected chi connectivity index (χ4v) is 4.95. The number of nitrogens with one attached hydrogen (secondary N) is 3. The van der Waals surface area contributed by atoms with Gasteiger partial charge in [0.1, 0.15) is 5.70 Å². The lowest BCUT2D eigenvalue weighted by Gasteiger charge is -2.13. The molecule has 4 rings (SSSR count). The Balaban J connectivity index is 1.50. The third kappa shape index (κ3) is 8.48. The average Bonchev–Trinajstić information content (AvgIpc) is 3.01. The zero-order valence-electron chi connectivity index (χ0n) is 22.8. The first-order valence-corrected chi connectivity index (χ1v) is 14.5. The van der Waals surface area contributed by atoms with Crippen molar-refractivity contribution in [3.63, 3.8) is 0 Å². The van der Waals surface area contributed by atoms with E-state index in [4.69, 9.17) is 9.47 Å². The summed E-state index contributed by atoms with van der Waals surface area (Å²) < 4.78 is 11.5. The lowest BCUT2D eigenvalue weighted by atomic mass is 10.1. The number of thioether (sulfide) groups is 1. The molecule has 4 aromatic rings. The molecule has 0 aliphatic carbocycles. The largest absolute Gasteiger partial charge is 0.493 e. The van der Waals surface area contributed by atoms with E-state index in [1.807, 2.05) is 30.3 Å². The summed E-state index contributed by atoms with van der Waals surface area (Å²) in [5, 5.41) is 8.45. The van der Waals surface area contributed by atoms with Crippen LogP contribution in [0.2, 0.25) is 0 Å². The van der Waals surface area contributed by atoms with Gasteiger partial charge in [0.25, 0.3) is 11.8 Å². The molecule has 0 atom stereocenters. The number of carbonyl (C=O) groups is 3. The van der Waals surface area contributed by atoms with Crippen molar-refractivity contribution in [2.45, 2.75) is 4.90 Å². The maximum Gasteiger partial charge on any atom is 0.272 e. The molecule has 0 saturated carbocycles. The van der Waals surface area contributed by atoms with E-state index < -0.39 is 11.8 Å². The molecule has 0 radical (unpaired) electrons. The van der Waals surface area contributed by atoms with Crippen molar-refractivity contribution in [1.29, 1.82) is 0 Å². The summed E-state index contributed by atoms with van der Waals surface area (Å²) in [7, 11) is 3.05. The fraction of sp³-hybridized carbons (Fsp3) is 0.0938. The minimum Gasteiger partial charge on any atom is -0.493 e. The van der Waals surface area contributed by atoms with E-state index in [0.29, 0.717) is 34.0 Å². The predicted octanol–water partition coefficient (Wildman–Crippen LogP) is 6.61. The molecule has 8 nitrogen and oxygen atoms in total. The predicted molar refractivity (Wildman–Crippen MR) is 170 cm³/mol. The Kier molecular flexibility index (Phi) is 10.8. The molecule has 42 heavy (non-hydrogen) atoms. The summed E-state index contributed by atoms with van der Waals surface area (Å²) in [6, 6.07) is 28.3. The van der Waals surface area contributed by atoms with Gasteiger partial charge in [-0.15, -0.1) is 11.8 Å². The maximum atomic E-state index is 13.4. The standard InChI is InChI=1S/C32H28BrN3O5S/c1-40-28-16-15-21(18-29(28)41-2)17-27(36-31(38)22-9-4-3-5-10-22)32(39)34-23-11-8-12-24(19-23)42-20-30(37)35-26-14-7-6-13-25(26)33/h3-19H,20H2,1-2H3,(H,34,39)(H,35,37)(H,36,38)/b27-17+. The number of amides is 3. The molecule has 0 aliphatic heterocycles. The highest BCUT2D eigenvalue weighted by molar-refractivity contribution is 9.10. The number of ether oxygens (including phenoxy) is 2. The number of hydrogen-bond acceptors (Lipinski definition) is 6. The van der Waals surface area contributed by atoms with E-state index in [1.54, 1.807) is 72.8 Å². The van der Waals surface area contributed by atoms with Crippen molar-refractivity contribution in [3.8, 4) is 11.5 Å². The second kappa shape index (κ2) is 14.9. The lowest BCUT2D eigenvalue weighted by molar-refractivity contribution is -0.114. The van der Waals surface area contributed by atoms with Crippen molar-refractivity contribution in [2.24, 2.45) is 0 Å². The van der Waals surface area contributed by atoms with E-state index in [-0.39, 0.29) is 17.4 Å². The highest BCUT2D eigenvalue weighted by Crippen LogP contribution is 2.29. The normalized spacial score (nSPS) is 10.9. The van der Waals surface area contributed by atoms with E-state index in [9.17, 15) is 14.4 Å². The van der Waals surface area contributed by atoms with Crippen molar-refractivity contribution >= 4 is 62.9 Å². The Morgan fingerprint density at radius 2 is 1.55 bits per heavy atom. The number of para-hydroxylation sites is 1. The molecular formula is C32H28BrN3O5S. The van der Waals surface area contributed by atoms with Crippen LogP contribution in [0, 0.1) is 0 Å². The molecule has 4 aromatic carbocycles. The molecule has 3 amide bonds. The van der Waals surface area contributed by atoms with Gasteiger partial charge in [-0.1, -0.05) is 42.5 Å². The van der Waals surface area contributed by atoms with Crippen molar-refractivity contribution < 1.29 is 23.9 Å². The van der Waals surface area contributed by atoms with E-state index in [1.165, 1.54) is 26.0 Å². The summed E-state index contributed by atoms with van der Waals surface area (Å²) in [4.78, 5) is 39.7. The van der Waals surface area contributed by atoms with Crippen LogP contribution in [-0.2, 0) is 9.59 Å². The van der Waals surface area contributed by atoms with Crippen molar-refractivity contribution in [3.05, 3.63) is 118 Å². The molecule has 0 unspecified atom stereocenters. The first kappa shape index (κ1) is 30.4. The first-order valence-electron chi connectivity index (χ1n) is 12.7. The summed E-state index contributed by atoms with van der Waals surface area (Å²) in [5.41, 5.74) is 2.25. The van der Waals surface area contributed by atoms with Crippen molar-refractivity contribution in [1.82, 2.24) is 5.32 Å². The molecular weight excluding hydrogens is 618 g/mol. The van der Waals surface area contributed by atoms with Gasteiger partial charge in [0, 0.05) is 20.6 Å². The number of methoxy groups -OCH3 is 2. The number of hydrogen-bond donors (Lipinski definition) is 3.